The minimum absolute atomic E-state index is 0.0645. The van der Waals surface area contributed by atoms with E-state index >= 15 is 0 Å². The van der Waals surface area contributed by atoms with Crippen molar-refractivity contribution >= 4 is 21.8 Å². The first-order valence-electron chi connectivity index (χ1n) is 9.15. The average molecular weight is 436 g/mol. The van der Waals surface area contributed by atoms with Gasteiger partial charge in [0.25, 0.3) is 0 Å². The van der Waals surface area contributed by atoms with E-state index in [2.05, 4.69) is 15.9 Å². The molecule has 1 heterocycles. The number of ether oxygens (including phenoxy) is 1. The van der Waals surface area contributed by atoms with Gasteiger partial charge in [0.1, 0.15) is 11.9 Å². The lowest BCUT2D eigenvalue weighted by Gasteiger charge is -2.34. The summed E-state index contributed by atoms with van der Waals surface area (Å²) in [6, 6.07) is 11.3. The van der Waals surface area contributed by atoms with Gasteiger partial charge in [0.15, 0.2) is 11.6 Å². The van der Waals surface area contributed by atoms with E-state index in [0.29, 0.717) is 25.9 Å². The Bertz CT molecular complexity index is 844. The normalized spacial score (nSPS) is 19.0. The summed E-state index contributed by atoms with van der Waals surface area (Å²) >= 11 is 3.43. The van der Waals surface area contributed by atoms with Crippen LogP contribution in [-0.4, -0.2) is 30.0 Å². The standard InChI is InChI=1S/C21H20BrF2NO2/c22-15-3-1-14(2-4-15)21(9-10-21)20(26)25-11-7-17(8-12-25)27-19-6-5-16(23)13-18(19)24/h1-6,13,17H,7-12H2. The molecule has 0 bridgehead atoms. The SMILES string of the molecule is O=C(N1CCC(Oc2ccc(F)cc2F)CC1)C1(c2ccc(Br)cc2)CC1. The second-order valence-electron chi connectivity index (χ2n) is 7.27. The van der Waals surface area contributed by atoms with E-state index in [-0.39, 0.29) is 23.2 Å². The molecule has 1 aliphatic heterocycles. The average Bonchev–Trinajstić information content (AvgIpc) is 3.46. The van der Waals surface area contributed by atoms with E-state index in [1.54, 1.807) is 0 Å². The van der Waals surface area contributed by atoms with Gasteiger partial charge in [-0.15, -0.1) is 0 Å². The fraction of sp³-hybridized carbons (Fsp3) is 0.381. The molecule has 2 aliphatic rings. The number of piperidine rings is 1. The van der Waals surface area contributed by atoms with Crippen LogP contribution in [-0.2, 0) is 10.2 Å². The fourth-order valence-corrected chi connectivity index (χ4v) is 4.01. The first-order chi connectivity index (χ1) is 13.0. The molecule has 0 aromatic heterocycles. The largest absolute Gasteiger partial charge is 0.487 e. The zero-order valence-electron chi connectivity index (χ0n) is 14.8. The van der Waals surface area contributed by atoms with Gasteiger partial charge in [-0.3, -0.25) is 4.79 Å². The maximum Gasteiger partial charge on any atom is 0.233 e. The van der Waals surface area contributed by atoms with Crippen molar-refractivity contribution in [1.82, 2.24) is 4.90 Å². The van der Waals surface area contributed by atoms with Crippen LogP contribution < -0.4 is 4.74 Å². The van der Waals surface area contributed by atoms with E-state index in [1.807, 2.05) is 29.2 Å². The van der Waals surface area contributed by atoms with Gasteiger partial charge >= 0.3 is 0 Å². The van der Waals surface area contributed by atoms with Crippen LogP contribution in [0.4, 0.5) is 8.78 Å². The number of amides is 1. The summed E-state index contributed by atoms with van der Waals surface area (Å²) in [4.78, 5) is 15.0. The third kappa shape index (κ3) is 3.72. The van der Waals surface area contributed by atoms with Crippen molar-refractivity contribution in [3.63, 3.8) is 0 Å². The van der Waals surface area contributed by atoms with Crippen molar-refractivity contribution < 1.29 is 18.3 Å². The molecule has 1 aliphatic carbocycles. The number of hydrogen-bond acceptors (Lipinski definition) is 2. The first-order valence-corrected chi connectivity index (χ1v) is 9.94. The lowest BCUT2D eigenvalue weighted by atomic mass is 9.93. The van der Waals surface area contributed by atoms with Gasteiger partial charge in [0, 0.05) is 36.5 Å². The van der Waals surface area contributed by atoms with Crippen LogP contribution in [0.1, 0.15) is 31.2 Å². The molecule has 0 N–H and O–H groups in total. The Hall–Kier alpha value is -1.95. The molecule has 1 amide bonds. The second kappa shape index (κ2) is 7.23. The fourth-order valence-electron chi connectivity index (χ4n) is 3.75. The molecule has 142 valence electrons. The summed E-state index contributed by atoms with van der Waals surface area (Å²) in [5.41, 5.74) is 0.694. The summed E-state index contributed by atoms with van der Waals surface area (Å²) < 4.78 is 33.4. The molecule has 2 aromatic carbocycles. The van der Waals surface area contributed by atoms with E-state index < -0.39 is 11.6 Å². The summed E-state index contributed by atoms with van der Waals surface area (Å²) in [5.74, 6) is -1.07. The number of nitrogens with zero attached hydrogens (tertiary/aromatic N) is 1. The topological polar surface area (TPSA) is 29.5 Å². The molecule has 1 saturated heterocycles. The van der Waals surface area contributed by atoms with E-state index in [1.165, 1.54) is 12.1 Å². The molecule has 6 heteroatoms. The van der Waals surface area contributed by atoms with Crippen molar-refractivity contribution in [3.8, 4) is 5.75 Å². The molecule has 2 fully saturated rings. The van der Waals surface area contributed by atoms with Crippen LogP contribution >= 0.6 is 15.9 Å². The Balaban J connectivity index is 1.37. The lowest BCUT2D eigenvalue weighted by Crippen LogP contribution is -2.46. The quantitative estimate of drug-likeness (QED) is 0.688. The van der Waals surface area contributed by atoms with Gasteiger partial charge in [-0.05, 0) is 42.7 Å². The molecular weight excluding hydrogens is 416 g/mol. The van der Waals surface area contributed by atoms with Gasteiger partial charge in [-0.25, -0.2) is 8.78 Å². The van der Waals surface area contributed by atoms with Crippen LogP contribution in [0.3, 0.4) is 0 Å². The van der Waals surface area contributed by atoms with Crippen LogP contribution in [0.2, 0.25) is 0 Å². The Kier molecular flexibility index (Phi) is 4.93. The summed E-state index contributed by atoms with van der Waals surface area (Å²) in [6.45, 7) is 1.18. The number of rotatable bonds is 4. The number of hydrogen-bond donors (Lipinski definition) is 0. The molecule has 2 aromatic rings. The molecule has 1 saturated carbocycles. The number of halogens is 3. The first kappa shape index (κ1) is 18.4. The molecule has 0 unspecified atom stereocenters. The zero-order valence-corrected chi connectivity index (χ0v) is 16.3. The molecule has 4 rings (SSSR count). The number of likely N-dealkylation sites (tertiary alicyclic amines) is 1. The summed E-state index contributed by atoms with van der Waals surface area (Å²) in [6.07, 6.45) is 2.87. The smallest absolute Gasteiger partial charge is 0.233 e. The van der Waals surface area contributed by atoms with Crippen molar-refractivity contribution in [2.24, 2.45) is 0 Å². The maximum absolute atomic E-state index is 13.8. The van der Waals surface area contributed by atoms with Crippen molar-refractivity contribution in [2.75, 3.05) is 13.1 Å². The van der Waals surface area contributed by atoms with E-state index in [0.717, 1.165) is 28.9 Å². The maximum atomic E-state index is 13.8. The highest BCUT2D eigenvalue weighted by Crippen LogP contribution is 2.50. The Labute approximate surface area is 165 Å². The third-order valence-corrected chi connectivity index (χ3v) is 6.00. The van der Waals surface area contributed by atoms with Gasteiger partial charge in [0.05, 0.1) is 5.41 Å². The van der Waals surface area contributed by atoms with Gasteiger partial charge < -0.3 is 9.64 Å². The van der Waals surface area contributed by atoms with Crippen molar-refractivity contribution in [1.29, 1.82) is 0 Å². The monoisotopic (exact) mass is 435 g/mol. The van der Waals surface area contributed by atoms with Crippen LogP contribution in [0.25, 0.3) is 0 Å². The predicted octanol–water partition coefficient (Wildman–Crippen LogP) is 4.83. The Morgan fingerprint density at radius 2 is 1.74 bits per heavy atom. The molecular formula is C21H20BrF2NO2. The second-order valence-corrected chi connectivity index (χ2v) is 8.19. The molecule has 27 heavy (non-hydrogen) atoms. The minimum atomic E-state index is -0.694. The lowest BCUT2D eigenvalue weighted by molar-refractivity contribution is -0.135. The van der Waals surface area contributed by atoms with Crippen molar-refractivity contribution in [2.45, 2.75) is 37.2 Å². The number of carbonyl (C=O) groups is 1. The third-order valence-electron chi connectivity index (χ3n) is 5.47. The zero-order chi connectivity index (χ0) is 19.0. The highest BCUT2D eigenvalue weighted by atomic mass is 79.9. The van der Waals surface area contributed by atoms with Gasteiger partial charge in [-0.1, -0.05) is 28.1 Å². The van der Waals surface area contributed by atoms with Crippen LogP contribution in [0.15, 0.2) is 46.9 Å². The molecule has 0 radical (unpaired) electrons. The number of benzene rings is 2. The highest BCUT2D eigenvalue weighted by molar-refractivity contribution is 9.10. The Morgan fingerprint density at radius 3 is 2.33 bits per heavy atom. The van der Waals surface area contributed by atoms with Gasteiger partial charge in [0.2, 0.25) is 5.91 Å². The van der Waals surface area contributed by atoms with E-state index in [4.69, 9.17) is 4.74 Å². The molecule has 0 spiro atoms. The predicted molar refractivity (Wildman–Crippen MR) is 102 cm³/mol. The number of carbonyl (C=O) groups excluding carboxylic acids is 1. The molecule has 3 nitrogen and oxygen atoms in total. The van der Waals surface area contributed by atoms with Crippen molar-refractivity contribution in [3.05, 3.63) is 64.1 Å². The summed E-state index contributed by atoms with van der Waals surface area (Å²) in [5, 5.41) is 0. The van der Waals surface area contributed by atoms with Crippen LogP contribution in [0, 0.1) is 11.6 Å². The van der Waals surface area contributed by atoms with Gasteiger partial charge in [-0.2, -0.15) is 0 Å². The highest BCUT2D eigenvalue weighted by Gasteiger charge is 2.53. The minimum Gasteiger partial charge on any atom is -0.487 e. The van der Waals surface area contributed by atoms with E-state index in [9.17, 15) is 13.6 Å². The van der Waals surface area contributed by atoms with Crippen LogP contribution in [0.5, 0.6) is 5.75 Å². The molecule has 0 atom stereocenters. The Morgan fingerprint density at radius 1 is 1.07 bits per heavy atom. The summed E-state index contributed by atoms with van der Waals surface area (Å²) in [7, 11) is 0.